The molecule has 0 bridgehead atoms. The van der Waals surface area contributed by atoms with Crippen LogP contribution in [0.4, 0.5) is 0 Å². The highest BCUT2D eigenvalue weighted by molar-refractivity contribution is 7.86. The molecule has 1 unspecified atom stereocenters. The topological polar surface area (TPSA) is 63.6 Å². The van der Waals surface area contributed by atoms with Crippen LogP contribution in [0, 0.1) is 0 Å². The van der Waals surface area contributed by atoms with Crippen molar-refractivity contribution in [3.05, 3.63) is 0 Å². The molecule has 54 valence electrons. The molecule has 1 atom stereocenters. The summed E-state index contributed by atoms with van der Waals surface area (Å²) in [6.45, 7) is 0.435. The Morgan fingerprint density at radius 2 is 2.22 bits per heavy atom. The van der Waals surface area contributed by atoms with Crippen molar-refractivity contribution in [1.29, 1.82) is 0 Å². The SMILES string of the molecule is O=S(=O)(O)C1CCCO1. The van der Waals surface area contributed by atoms with E-state index in [0.29, 0.717) is 19.4 Å². The maximum absolute atomic E-state index is 10.3. The molecule has 1 aliphatic rings. The molecule has 0 saturated carbocycles. The van der Waals surface area contributed by atoms with Crippen molar-refractivity contribution < 1.29 is 17.7 Å². The molecule has 0 aromatic rings. The van der Waals surface area contributed by atoms with Gasteiger partial charge in [-0.2, -0.15) is 8.42 Å². The first-order valence-electron chi connectivity index (χ1n) is 2.68. The summed E-state index contributed by atoms with van der Waals surface area (Å²) in [5.74, 6) is 0. The fraction of sp³-hybridized carbons (Fsp3) is 1.00. The average Bonchev–Trinajstić information content (AvgIpc) is 2.08. The second-order valence-electron chi connectivity index (χ2n) is 1.96. The van der Waals surface area contributed by atoms with E-state index in [1.54, 1.807) is 0 Å². The van der Waals surface area contributed by atoms with E-state index in [4.69, 9.17) is 4.55 Å². The maximum Gasteiger partial charge on any atom is 0.292 e. The van der Waals surface area contributed by atoms with E-state index in [-0.39, 0.29) is 0 Å². The van der Waals surface area contributed by atoms with Gasteiger partial charge in [0, 0.05) is 6.61 Å². The van der Waals surface area contributed by atoms with E-state index in [1.807, 2.05) is 0 Å². The molecule has 1 saturated heterocycles. The summed E-state index contributed by atoms with van der Waals surface area (Å²) in [6, 6.07) is 0. The van der Waals surface area contributed by atoms with Crippen molar-refractivity contribution >= 4 is 10.1 Å². The van der Waals surface area contributed by atoms with Gasteiger partial charge in [-0.1, -0.05) is 0 Å². The normalized spacial score (nSPS) is 28.8. The van der Waals surface area contributed by atoms with E-state index < -0.39 is 15.6 Å². The molecule has 9 heavy (non-hydrogen) atoms. The highest BCUT2D eigenvalue weighted by Gasteiger charge is 2.27. The first-order valence-corrected chi connectivity index (χ1v) is 4.19. The van der Waals surface area contributed by atoms with Crippen molar-refractivity contribution in [3.63, 3.8) is 0 Å². The van der Waals surface area contributed by atoms with Gasteiger partial charge in [-0.3, -0.25) is 4.55 Å². The second-order valence-corrected chi connectivity index (χ2v) is 3.51. The summed E-state index contributed by atoms with van der Waals surface area (Å²) in [4.78, 5) is 0. The minimum atomic E-state index is -3.92. The third kappa shape index (κ3) is 1.64. The standard InChI is InChI=1S/C4H8O4S/c5-9(6,7)4-2-1-3-8-4/h4H,1-3H2,(H,5,6,7). The Labute approximate surface area is 53.6 Å². The zero-order chi connectivity index (χ0) is 6.91. The van der Waals surface area contributed by atoms with Crippen LogP contribution in [-0.4, -0.2) is 25.0 Å². The molecule has 1 rings (SSSR count). The number of hydrogen-bond donors (Lipinski definition) is 1. The monoisotopic (exact) mass is 152 g/mol. The minimum absolute atomic E-state index is 0.416. The quantitative estimate of drug-likeness (QED) is 0.537. The van der Waals surface area contributed by atoms with Gasteiger partial charge in [0.2, 0.25) is 0 Å². The molecule has 1 aliphatic heterocycles. The molecule has 0 aliphatic carbocycles. The van der Waals surface area contributed by atoms with Gasteiger partial charge in [-0.25, -0.2) is 0 Å². The van der Waals surface area contributed by atoms with Gasteiger partial charge in [0.15, 0.2) is 5.44 Å². The van der Waals surface area contributed by atoms with Crippen LogP contribution in [0.1, 0.15) is 12.8 Å². The van der Waals surface area contributed by atoms with Crippen molar-refractivity contribution in [2.24, 2.45) is 0 Å². The van der Waals surface area contributed by atoms with Gasteiger partial charge >= 0.3 is 0 Å². The smallest absolute Gasteiger partial charge is 0.292 e. The van der Waals surface area contributed by atoms with Crippen LogP contribution < -0.4 is 0 Å². The van der Waals surface area contributed by atoms with E-state index in [9.17, 15) is 8.42 Å². The first kappa shape index (κ1) is 6.98. The second kappa shape index (κ2) is 2.24. The molecule has 1 N–H and O–H groups in total. The Balaban J connectivity index is 2.63. The molecule has 1 heterocycles. The predicted molar refractivity (Wildman–Crippen MR) is 30.5 cm³/mol. The Bertz CT molecular complexity index is 177. The summed E-state index contributed by atoms with van der Waals surface area (Å²) < 4.78 is 33.6. The van der Waals surface area contributed by atoms with Crippen LogP contribution in [0.3, 0.4) is 0 Å². The molecule has 1 fully saturated rings. The Hall–Kier alpha value is -0.130. The highest BCUT2D eigenvalue weighted by atomic mass is 32.2. The van der Waals surface area contributed by atoms with Crippen molar-refractivity contribution in [2.45, 2.75) is 18.3 Å². The number of ether oxygens (including phenoxy) is 1. The molecule has 0 aromatic carbocycles. The van der Waals surface area contributed by atoms with Crippen LogP contribution in [0.5, 0.6) is 0 Å². The molecule has 0 amide bonds. The summed E-state index contributed by atoms with van der Waals surface area (Å²) in [6.07, 6.45) is 1.13. The Morgan fingerprint density at radius 1 is 1.56 bits per heavy atom. The Morgan fingerprint density at radius 3 is 2.44 bits per heavy atom. The van der Waals surface area contributed by atoms with Gasteiger partial charge in [0.1, 0.15) is 0 Å². The van der Waals surface area contributed by atoms with Crippen LogP contribution >= 0.6 is 0 Å². The highest BCUT2D eigenvalue weighted by Crippen LogP contribution is 2.15. The third-order valence-electron chi connectivity index (χ3n) is 1.22. The van der Waals surface area contributed by atoms with Crippen molar-refractivity contribution in [1.82, 2.24) is 0 Å². The lowest BCUT2D eigenvalue weighted by atomic mass is 10.4. The molecule has 0 radical (unpaired) electrons. The molecule has 0 spiro atoms. The van der Waals surface area contributed by atoms with E-state index in [1.165, 1.54) is 0 Å². The van der Waals surface area contributed by atoms with Gasteiger partial charge < -0.3 is 4.74 Å². The fourth-order valence-electron chi connectivity index (χ4n) is 0.783. The molecule has 5 heteroatoms. The van der Waals surface area contributed by atoms with Crippen molar-refractivity contribution in [2.75, 3.05) is 6.61 Å². The molecular weight excluding hydrogens is 144 g/mol. The van der Waals surface area contributed by atoms with E-state index in [0.717, 1.165) is 0 Å². The molecule has 4 nitrogen and oxygen atoms in total. The van der Waals surface area contributed by atoms with Crippen LogP contribution in [-0.2, 0) is 14.9 Å². The minimum Gasteiger partial charge on any atom is -0.360 e. The van der Waals surface area contributed by atoms with E-state index >= 15 is 0 Å². The summed E-state index contributed by atoms with van der Waals surface area (Å²) >= 11 is 0. The van der Waals surface area contributed by atoms with Gasteiger partial charge in [0.05, 0.1) is 0 Å². The van der Waals surface area contributed by atoms with Gasteiger partial charge in [0.25, 0.3) is 10.1 Å². The fourth-order valence-corrected chi connectivity index (χ4v) is 1.52. The van der Waals surface area contributed by atoms with Crippen LogP contribution in [0.15, 0.2) is 0 Å². The molecule has 0 aromatic heterocycles. The Kier molecular flexibility index (Phi) is 1.74. The van der Waals surface area contributed by atoms with Gasteiger partial charge in [-0.05, 0) is 12.8 Å². The number of hydrogen-bond acceptors (Lipinski definition) is 3. The lowest BCUT2D eigenvalue weighted by Crippen LogP contribution is -2.18. The summed E-state index contributed by atoms with van der Waals surface area (Å²) in [5, 5.41) is 0. The third-order valence-corrected chi connectivity index (χ3v) is 2.26. The summed E-state index contributed by atoms with van der Waals surface area (Å²) in [7, 11) is -3.92. The van der Waals surface area contributed by atoms with Crippen LogP contribution in [0.2, 0.25) is 0 Å². The lowest BCUT2D eigenvalue weighted by molar-refractivity contribution is 0.157. The lowest BCUT2D eigenvalue weighted by Gasteiger charge is -2.02. The number of rotatable bonds is 1. The first-order chi connectivity index (χ1) is 4.11. The zero-order valence-electron chi connectivity index (χ0n) is 4.78. The molecular formula is C4H8O4S. The average molecular weight is 152 g/mol. The predicted octanol–water partition coefficient (Wildman–Crippen LogP) is 0.0107. The van der Waals surface area contributed by atoms with Gasteiger partial charge in [-0.15, -0.1) is 0 Å². The largest absolute Gasteiger partial charge is 0.360 e. The van der Waals surface area contributed by atoms with Crippen LogP contribution in [0.25, 0.3) is 0 Å². The maximum atomic E-state index is 10.3. The van der Waals surface area contributed by atoms with Crippen molar-refractivity contribution in [3.8, 4) is 0 Å². The zero-order valence-corrected chi connectivity index (χ0v) is 5.60. The summed E-state index contributed by atoms with van der Waals surface area (Å²) in [5.41, 5.74) is -0.961. The van der Waals surface area contributed by atoms with E-state index in [2.05, 4.69) is 4.74 Å².